The van der Waals surface area contributed by atoms with Crippen molar-refractivity contribution in [1.82, 2.24) is 0 Å². The third-order valence-corrected chi connectivity index (χ3v) is 6.90. The molecule has 0 saturated carbocycles. The minimum absolute atomic E-state index is 0.0669. The molecule has 2 aromatic carbocycles. The van der Waals surface area contributed by atoms with E-state index in [9.17, 15) is 25.9 Å². The Balaban J connectivity index is 2.30. The number of hydrogen-bond donors (Lipinski definition) is 2. The van der Waals surface area contributed by atoms with Gasteiger partial charge in [0.25, 0.3) is 20.2 Å². The summed E-state index contributed by atoms with van der Waals surface area (Å²) < 4.78 is 67.2. The highest BCUT2D eigenvalue weighted by Gasteiger charge is 2.29. The van der Waals surface area contributed by atoms with Crippen molar-refractivity contribution in [3.05, 3.63) is 35.9 Å². The van der Waals surface area contributed by atoms with Gasteiger partial charge in [-0.15, -0.1) is 0 Å². The molecule has 2 rings (SSSR count). The Kier molecular flexibility index (Phi) is 8.00. The van der Waals surface area contributed by atoms with Crippen molar-refractivity contribution in [2.45, 2.75) is 74.5 Å². The summed E-state index contributed by atoms with van der Waals surface area (Å²) in [5.41, 5.74) is 0.208. The van der Waals surface area contributed by atoms with Crippen molar-refractivity contribution in [2.75, 3.05) is 0 Å². The van der Waals surface area contributed by atoms with E-state index in [1.165, 1.54) is 31.7 Å². The molecule has 28 heavy (non-hydrogen) atoms. The minimum atomic E-state index is -4.85. The lowest BCUT2D eigenvalue weighted by Gasteiger charge is -2.14. The van der Waals surface area contributed by atoms with Gasteiger partial charge >= 0.3 is 0 Å². The van der Waals surface area contributed by atoms with E-state index in [1.807, 2.05) is 0 Å². The van der Waals surface area contributed by atoms with Gasteiger partial charge in [-0.2, -0.15) is 16.8 Å². The normalized spacial score (nSPS) is 12.5. The van der Waals surface area contributed by atoms with Gasteiger partial charge in [0, 0.05) is 5.39 Å². The fourth-order valence-corrected chi connectivity index (χ4v) is 5.82. The summed E-state index contributed by atoms with van der Waals surface area (Å²) in [6.45, 7) is 2.16. The van der Waals surface area contributed by atoms with Crippen LogP contribution in [0.25, 0.3) is 10.8 Å². The predicted octanol–water partition coefficient (Wildman–Crippen LogP) is 5.02. The summed E-state index contributed by atoms with van der Waals surface area (Å²) in [5.74, 6) is 0. The first-order chi connectivity index (χ1) is 13.2. The van der Waals surface area contributed by atoms with E-state index in [2.05, 4.69) is 6.92 Å². The lowest BCUT2D eigenvalue weighted by molar-refractivity contribution is 0.466. The summed E-state index contributed by atoms with van der Waals surface area (Å²) in [6.07, 6.45) is 8.79. The topological polar surface area (TPSA) is 109 Å². The molecule has 2 aromatic rings. The Hall–Kier alpha value is -1.48. The van der Waals surface area contributed by atoms with Gasteiger partial charge in [0.05, 0.1) is 0 Å². The standard InChI is InChI=1S/C20H28O6S2/c1-2-3-4-5-6-7-8-9-13-17-15-16-12-10-11-14-18(16)20(28(24,25)26)19(17)27(21,22)23/h10-12,14-15H,2-9,13H2,1H3,(H,21,22,23)(H,24,25,26). The quantitative estimate of drug-likeness (QED) is 0.384. The molecule has 156 valence electrons. The summed E-state index contributed by atoms with van der Waals surface area (Å²) in [6, 6.07) is 7.88. The van der Waals surface area contributed by atoms with Gasteiger partial charge < -0.3 is 0 Å². The van der Waals surface area contributed by atoms with Crippen LogP contribution in [0.5, 0.6) is 0 Å². The zero-order valence-electron chi connectivity index (χ0n) is 16.1. The molecule has 2 N–H and O–H groups in total. The van der Waals surface area contributed by atoms with Crippen molar-refractivity contribution in [2.24, 2.45) is 0 Å². The second-order valence-corrected chi connectivity index (χ2v) is 9.81. The Morgan fingerprint density at radius 2 is 1.29 bits per heavy atom. The minimum Gasteiger partial charge on any atom is -0.282 e. The van der Waals surface area contributed by atoms with E-state index < -0.39 is 30.0 Å². The highest BCUT2D eigenvalue weighted by atomic mass is 32.2. The van der Waals surface area contributed by atoms with Gasteiger partial charge in [-0.3, -0.25) is 9.11 Å². The lowest BCUT2D eigenvalue weighted by Crippen LogP contribution is -2.12. The van der Waals surface area contributed by atoms with E-state index >= 15 is 0 Å². The molecule has 0 saturated heterocycles. The van der Waals surface area contributed by atoms with Crippen molar-refractivity contribution < 1.29 is 25.9 Å². The summed E-state index contributed by atoms with van der Waals surface area (Å²) >= 11 is 0. The Bertz CT molecular complexity index is 1010. The Morgan fingerprint density at radius 1 is 0.750 bits per heavy atom. The molecular weight excluding hydrogens is 400 g/mol. The summed E-state index contributed by atoms with van der Waals surface area (Å²) in [7, 11) is -9.69. The summed E-state index contributed by atoms with van der Waals surface area (Å²) in [5, 5.41) is 0.564. The van der Waals surface area contributed by atoms with Gasteiger partial charge in [0.1, 0.15) is 9.79 Å². The molecule has 6 nitrogen and oxygen atoms in total. The molecular formula is C20H28O6S2. The maximum absolute atomic E-state index is 12.0. The van der Waals surface area contributed by atoms with Crippen molar-refractivity contribution >= 4 is 31.0 Å². The predicted molar refractivity (Wildman–Crippen MR) is 110 cm³/mol. The number of rotatable bonds is 11. The number of hydrogen-bond acceptors (Lipinski definition) is 4. The first-order valence-electron chi connectivity index (χ1n) is 9.66. The molecule has 0 heterocycles. The van der Waals surface area contributed by atoms with Crippen LogP contribution >= 0.6 is 0 Å². The van der Waals surface area contributed by atoms with Crippen molar-refractivity contribution in [1.29, 1.82) is 0 Å². The number of benzene rings is 2. The number of fused-ring (bicyclic) bond motifs is 1. The molecule has 0 fully saturated rings. The molecule has 0 aliphatic rings. The maximum atomic E-state index is 12.0. The number of aryl methyl sites for hydroxylation is 1. The lowest BCUT2D eigenvalue weighted by atomic mass is 10.0. The molecule has 0 amide bonds. The molecule has 8 heteroatoms. The van der Waals surface area contributed by atoms with Crippen LogP contribution in [0, 0.1) is 0 Å². The van der Waals surface area contributed by atoms with E-state index in [4.69, 9.17) is 0 Å². The van der Waals surface area contributed by atoms with Crippen LogP contribution in [-0.4, -0.2) is 25.9 Å². The van der Waals surface area contributed by atoms with Crippen LogP contribution in [-0.2, 0) is 26.7 Å². The molecule has 0 bridgehead atoms. The smallest absolute Gasteiger partial charge is 0.282 e. The van der Waals surface area contributed by atoms with E-state index in [0.717, 1.165) is 19.3 Å². The van der Waals surface area contributed by atoms with Crippen LogP contribution in [0.3, 0.4) is 0 Å². The van der Waals surface area contributed by atoms with Gasteiger partial charge in [0.15, 0.2) is 0 Å². The average Bonchev–Trinajstić information content (AvgIpc) is 2.61. The Labute approximate surface area is 167 Å². The average molecular weight is 429 g/mol. The van der Waals surface area contributed by atoms with Crippen LogP contribution < -0.4 is 0 Å². The first kappa shape index (κ1) is 22.8. The van der Waals surface area contributed by atoms with E-state index in [-0.39, 0.29) is 10.9 Å². The van der Waals surface area contributed by atoms with Gasteiger partial charge in [-0.05, 0) is 29.9 Å². The molecule has 0 aliphatic carbocycles. The summed E-state index contributed by atoms with van der Waals surface area (Å²) in [4.78, 5) is -1.46. The van der Waals surface area contributed by atoms with Crippen LogP contribution in [0.1, 0.15) is 63.9 Å². The Morgan fingerprint density at radius 3 is 1.86 bits per heavy atom. The largest absolute Gasteiger partial charge is 0.296 e. The SMILES string of the molecule is CCCCCCCCCCc1cc2ccccc2c(S(=O)(=O)O)c1S(=O)(=O)O. The number of unbranched alkanes of at least 4 members (excludes halogenated alkanes) is 7. The van der Waals surface area contributed by atoms with Gasteiger partial charge in [-0.1, -0.05) is 76.1 Å². The fourth-order valence-electron chi connectivity index (χ4n) is 3.52. The van der Waals surface area contributed by atoms with Gasteiger partial charge in [-0.25, -0.2) is 0 Å². The molecule has 0 spiro atoms. The second-order valence-electron chi connectivity index (χ2n) is 7.09. The molecule has 0 aromatic heterocycles. The van der Waals surface area contributed by atoms with Crippen molar-refractivity contribution in [3.8, 4) is 0 Å². The fraction of sp³-hybridized carbons (Fsp3) is 0.500. The van der Waals surface area contributed by atoms with E-state index in [1.54, 1.807) is 24.3 Å². The highest BCUT2D eigenvalue weighted by Crippen LogP contribution is 2.34. The molecule has 0 unspecified atom stereocenters. The molecule has 0 atom stereocenters. The van der Waals surface area contributed by atoms with Crippen LogP contribution in [0.2, 0.25) is 0 Å². The van der Waals surface area contributed by atoms with E-state index in [0.29, 0.717) is 18.2 Å². The molecule has 0 radical (unpaired) electrons. The van der Waals surface area contributed by atoms with Crippen molar-refractivity contribution in [3.63, 3.8) is 0 Å². The van der Waals surface area contributed by atoms with Crippen LogP contribution in [0.15, 0.2) is 40.1 Å². The first-order valence-corrected chi connectivity index (χ1v) is 12.5. The second kappa shape index (κ2) is 9.82. The molecule has 0 aliphatic heterocycles. The van der Waals surface area contributed by atoms with Gasteiger partial charge in [0.2, 0.25) is 0 Å². The zero-order chi connectivity index (χ0) is 20.8. The highest BCUT2D eigenvalue weighted by molar-refractivity contribution is 7.89. The third-order valence-electron chi connectivity index (χ3n) is 4.85. The zero-order valence-corrected chi connectivity index (χ0v) is 17.7. The van der Waals surface area contributed by atoms with Crippen LogP contribution in [0.4, 0.5) is 0 Å². The third kappa shape index (κ3) is 6.01. The monoisotopic (exact) mass is 428 g/mol. The maximum Gasteiger partial charge on any atom is 0.296 e.